The maximum atomic E-state index is 13.2. The fourth-order valence-corrected chi connectivity index (χ4v) is 2.99. The minimum absolute atomic E-state index is 0.242. The number of halogens is 1. The molecule has 0 fully saturated rings. The number of hydrogen-bond acceptors (Lipinski definition) is 4. The molecule has 3 rings (SSSR count). The molecule has 0 aliphatic rings. The first-order valence-electron chi connectivity index (χ1n) is 6.36. The number of ketones is 1. The van der Waals surface area contributed by atoms with Crippen LogP contribution >= 0.6 is 11.3 Å². The van der Waals surface area contributed by atoms with E-state index in [0.29, 0.717) is 27.2 Å². The van der Waals surface area contributed by atoms with Crippen LogP contribution in [0, 0.1) is 5.82 Å². The number of carbonyl (C=O) groups is 1. The molecule has 0 aliphatic heterocycles. The molecule has 2 N–H and O–H groups in total. The Labute approximate surface area is 124 Å². The van der Waals surface area contributed by atoms with Crippen LogP contribution in [-0.4, -0.2) is 20.9 Å². The van der Waals surface area contributed by atoms with Crippen molar-refractivity contribution in [1.29, 1.82) is 0 Å². The molecular weight excluding hydrogens is 291 g/mol. The highest BCUT2D eigenvalue weighted by Crippen LogP contribution is 2.26. The van der Waals surface area contributed by atoms with Gasteiger partial charge >= 0.3 is 0 Å². The van der Waals surface area contributed by atoms with Crippen LogP contribution in [-0.2, 0) is 5.60 Å². The lowest BCUT2D eigenvalue weighted by Crippen LogP contribution is -2.16. The first-order valence-corrected chi connectivity index (χ1v) is 7.24. The van der Waals surface area contributed by atoms with Crippen molar-refractivity contribution in [3.05, 3.63) is 51.9 Å². The van der Waals surface area contributed by atoms with Gasteiger partial charge in [0.2, 0.25) is 5.78 Å². The third-order valence-electron chi connectivity index (χ3n) is 3.21. The Hall–Kier alpha value is -2.05. The summed E-state index contributed by atoms with van der Waals surface area (Å²) >= 11 is 1.19. The van der Waals surface area contributed by atoms with E-state index in [2.05, 4.69) is 9.97 Å². The zero-order valence-electron chi connectivity index (χ0n) is 11.5. The van der Waals surface area contributed by atoms with Gasteiger partial charge in [-0.1, -0.05) is 0 Å². The molecule has 6 heteroatoms. The molecule has 0 saturated heterocycles. The van der Waals surface area contributed by atoms with E-state index in [-0.39, 0.29) is 11.6 Å². The number of carbonyl (C=O) groups excluding carboxylic acids is 1. The largest absolute Gasteiger partial charge is 0.384 e. The molecule has 0 radical (unpaired) electrons. The van der Waals surface area contributed by atoms with Crippen molar-refractivity contribution in [3.63, 3.8) is 0 Å². The molecule has 4 nitrogen and oxygen atoms in total. The average Bonchev–Trinajstić information content (AvgIpc) is 3.03. The Morgan fingerprint density at radius 3 is 2.86 bits per heavy atom. The summed E-state index contributed by atoms with van der Waals surface area (Å²) in [5.41, 5.74) is 0.388. The predicted molar refractivity (Wildman–Crippen MR) is 79.0 cm³/mol. The van der Waals surface area contributed by atoms with E-state index in [9.17, 15) is 14.3 Å². The Morgan fingerprint density at radius 1 is 1.43 bits per heavy atom. The molecule has 0 atom stereocenters. The average molecular weight is 304 g/mol. The third-order valence-corrected chi connectivity index (χ3v) is 4.05. The fourth-order valence-electron chi connectivity index (χ4n) is 2.06. The van der Waals surface area contributed by atoms with E-state index < -0.39 is 5.60 Å². The molecule has 0 saturated carbocycles. The third kappa shape index (κ3) is 2.48. The van der Waals surface area contributed by atoms with Gasteiger partial charge in [0.25, 0.3) is 0 Å². The smallest absolute Gasteiger partial charge is 0.223 e. The van der Waals surface area contributed by atoms with Crippen LogP contribution in [0.4, 0.5) is 4.39 Å². The number of hydrogen-bond donors (Lipinski definition) is 2. The minimum atomic E-state index is -1.08. The van der Waals surface area contributed by atoms with Gasteiger partial charge in [-0.25, -0.2) is 9.37 Å². The Morgan fingerprint density at radius 2 is 2.19 bits per heavy atom. The second kappa shape index (κ2) is 4.75. The number of nitrogens with zero attached hydrogens (tertiary/aromatic N) is 1. The minimum Gasteiger partial charge on any atom is -0.384 e. The summed E-state index contributed by atoms with van der Waals surface area (Å²) in [7, 11) is 0. The van der Waals surface area contributed by atoms with Gasteiger partial charge in [0, 0.05) is 22.5 Å². The van der Waals surface area contributed by atoms with E-state index in [1.165, 1.54) is 23.5 Å². The number of nitrogens with one attached hydrogen (secondary N) is 1. The van der Waals surface area contributed by atoms with E-state index in [1.807, 2.05) is 0 Å². The summed E-state index contributed by atoms with van der Waals surface area (Å²) in [5.74, 6) is -0.602. The van der Waals surface area contributed by atoms with Crippen molar-refractivity contribution in [2.75, 3.05) is 0 Å². The van der Waals surface area contributed by atoms with Gasteiger partial charge in [0.15, 0.2) is 5.01 Å². The maximum Gasteiger partial charge on any atom is 0.223 e. The summed E-state index contributed by atoms with van der Waals surface area (Å²) in [6, 6.07) is 4.23. The highest BCUT2D eigenvalue weighted by molar-refractivity contribution is 7.12. The summed E-state index contributed by atoms with van der Waals surface area (Å²) in [6.45, 7) is 3.23. The van der Waals surface area contributed by atoms with Gasteiger partial charge in [-0.2, -0.15) is 0 Å². The molecule has 0 unspecified atom stereocenters. The number of H-pyrrole nitrogens is 1. The number of aromatic nitrogens is 2. The SMILES string of the molecule is CC(C)(O)c1csc(C(=O)c2c[nH]c3cc(F)ccc23)n1. The fraction of sp³-hybridized carbons (Fsp3) is 0.200. The molecule has 2 heterocycles. The van der Waals surface area contributed by atoms with Crippen LogP contribution in [0.1, 0.15) is 34.9 Å². The van der Waals surface area contributed by atoms with E-state index in [4.69, 9.17) is 0 Å². The van der Waals surface area contributed by atoms with E-state index in [0.717, 1.165) is 0 Å². The molecule has 0 spiro atoms. The Bertz CT molecular complexity index is 830. The normalized spacial score (nSPS) is 12.0. The van der Waals surface area contributed by atoms with Crippen LogP contribution in [0.3, 0.4) is 0 Å². The maximum absolute atomic E-state index is 13.2. The van der Waals surface area contributed by atoms with Crippen LogP contribution < -0.4 is 0 Å². The summed E-state index contributed by atoms with van der Waals surface area (Å²) in [6.07, 6.45) is 1.55. The van der Waals surface area contributed by atoms with Gasteiger partial charge in [0.05, 0.1) is 11.3 Å². The van der Waals surface area contributed by atoms with Gasteiger partial charge in [-0.3, -0.25) is 4.79 Å². The number of benzene rings is 1. The lowest BCUT2D eigenvalue weighted by molar-refractivity contribution is 0.0743. The zero-order chi connectivity index (χ0) is 15.2. The van der Waals surface area contributed by atoms with Crippen LogP contribution in [0.5, 0.6) is 0 Å². The van der Waals surface area contributed by atoms with Crippen molar-refractivity contribution in [1.82, 2.24) is 9.97 Å². The first-order chi connectivity index (χ1) is 9.86. The monoisotopic (exact) mass is 304 g/mol. The number of rotatable bonds is 3. The van der Waals surface area contributed by atoms with Crippen molar-refractivity contribution in [3.8, 4) is 0 Å². The van der Waals surface area contributed by atoms with Crippen molar-refractivity contribution in [2.24, 2.45) is 0 Å². The molecule has 1 aromatic carbocycles. The topological polar surface area (TPSA) is 66.0 Å². The zero-order valence-corrected chi connectivity index (χ0v) is 12.3. The van der Waals surface area contributed by atoms with Crippen molar-refractivity contribution < 1.29 is 14.3 Å². The molecule has 0 bridgehead atoms. The number of fused-ring (bicyclic) bond motifs is 1. The molecule has 2 aromatic heterocycles. The lowest BCUT2D eigenvalue weighted by Gasteiger charge is -2.12. The molecule has 0 aliphatic carbocycles. The summed E-state index contributed by atoms with van der Waals surface area (Å²) in [4.78, 5) is 19.6. The predicted octanol–water partition coefficient (Wildman–Crippen LogP) is 3.22. The van der Waals surface area contributed by atoms with Crippen LogP contribution in [0.25, 0.3) is 10.9 Å². The quantitative estimate of drug-likeness (QED) is 0.730. The van der Waals surface area contributed by atoms with Crippen molar-refractivity contribution in [2.45, 2.75) is 19.4 Å². The van der Waals surface area contributed by atoms with E-state index >= 15 is 0 Å². The number of aliphatic hydroxyl groups is 1. The standard InChI is InChI=1S/C15H13FN2O2S/c1-15(2,20)12-7-21-14(18-12)13(19)10-6-17-11-5-8(16)3-4-9(10)11/h3-7,17,20H,1-2H3. The lowest BCUT2D eigenvalue weighted by atomic mass is 10.1. The molecule has 0 amide bonds. The Balaban J connectivity index is 2.03. The summed E-state index contributed by atoms with van der Waals surface area (Å²) < 4.78 is 13.2. The van der Waals surface area contributed by atoms with Gasteiger partial charge < -0.3 is 10.1 Å². The number of aromatic amines is 1. The van der Waals surface area contributed by atoms with Gasteiger partial charge in [-0.05, 0) is 32.0 Å². The van der Waals surface area contributed by atoms with E-state index in [1.54, 1.807) is 31.5 Å². The highest BCUT2D eigenvalue weighted by atomic mass is 32.1. The number of thiazole rings is 1. The van der Waals surface area contributed by atoms with Crippen molar-refractivity contribution >= 4 is 28.0 Å². The second-order valence-electron chi connectivity index (χ2n) is 5.32. The molecule has 21 heavy (non-hydrogen) atoms. The van der Waals surface area contributed by atoms with Crippen LogP contribution in [0.2, 0.25) is 0 Å². The molecular formula is C15H13FN2O2S. The summed E-state index contributed by atoms with van der Waals surface area (Å²) in [5, 5.41) is 12.5. The first kappa shape index (κ1) is 13.9. The molecule has 108 valence electrons. The highest BCUT2D eigenvalue weighted by Gasteiger charge is 2.23. The van der Waals surface area contributed by atoms with Crippen LogP contribution in [0.15, 0.2) is 29.8 Å². The second-order valence-corrected chi connectivity index (χ2v) is 6.18. The van der Waals surface area contributed by atoms with Gasteiger partial charge in [0.1, 0.15) is 11.4 Å². The van der Waals surface area contributed by atoms with Gasteiger partial charge in [-0.15, -0.1) is 11.3 Å². The Kier molecular flexibility index (Phi) is 3.15. The molecule has 3 aromatic rings.